The molecule has 258 valence electrons. The molecule has 8 heteroatoms. The van der Waals surface area contributed by atoms with Crippen molar-refractivity contribution in [3.05, 3.63) is 173 Å². The summed E-state index contributed by atoms with van der Waals surface area (Å²) in [7, 11) is 0. The second-order valence-corrected chi connectivity index (χ2v) is 12.9. The zero-order valence-corrected chi connectivity index (χ0v) is 30.1. The van der Waals surface area contributed by atoms with Gasteiger partial charge in [-0.15, -0.1) is 30.6 Å². The first-order chi connectivity index (χ1) is 25.8. The van der Waals surface area contributed by atoms with Gasteiger partial charge in [-0.25, -0.2) is 0 Å². The fourth-order valence-electron chi connectivity index (χ4n) is 6.73. The Morgan fingerprint density at radius 1 is 0.472 bits per heavy atom. The highest BCUT2D eigenvalue weighted by Crippen LogP contribution is 2.38. The lowest BCUT2D eigenvalue weighted by atomic mass is 9.89. The Morgan fingerprint density at radius 3 is 1.42 bits per heavy atom. The average Bonchev–Trinajstić information content (AvgIpc) is 3.19. The van der Waals surface area contributed by atoms with Crippen LogP contribution in [0.15, 0.2) is 155 Å². The molecule has 0 unspecified atom stereocenters. The molecule has 0 aliphatic carbocycles. The van der Waals surface area contributed by atoms with Crippen molar-refractivity contribution in [1.82, 2.24) is 20.4 Å². The number of nitrogens with two attached hydrogens (primary N) is 1. The number of hydrogen-bond acceptors (Lipinski definition) is 7. The van der Waals surface area contributed by atoms with E-state index in [-0.39, 0.29) is 0 Å². The molecule has 8 nitrogen and oxygen atoms in total. The van der Waals surface area contributed by atoms with E-state index in [0.29, 0.717) is 23.2 Å². The summed E-state index contributed by atoms with van der Waals surface area (Å²) >= 11 is 0. The second kappa shape index (κ2) is 15.1. The number of rotatable bonds is 8. The van der Waals surface area contributed by atoms with Gasteiger partial charge in [-0.1, -0.05) is 140 Å². The third-order valence-corrected chi connectivity index (χ3v) is 9.39. The molecule has 0 aliphatic rings. The summed E-state index contributed by atoms with van der Waals surface area (Å²) in [6.07, 6.45) is 0. The molecule has 7 rings (SSSR count). The highest BCUT2D eigenvalue weighted by atomic mass is 15.3. The zero-order chi connectivity index (χ0) is 36.9. The lowest BCUT2D eigenvalue weighted by molar-refractivity contribution is 0.874. The van der Waals surface area contributed by atoms with Crippen LogP contribution in [0.1, 0.15) is 33.4 Å². The molecule has 53 heavy (non-hydrogen) atoms. The molecular weight excluding hydrogens is 653 g/mol. The van der Waals surface area contributed by atoms with E-state index in [1.807, 2.05) is 88.4 Å². The Morgan fingerprint density at radius 2 is 0.906 bits per heavy atom. The summed E-state index contributed by atoms with van der Waals surface area (Å²) in [5.74, 6) is 7.10. The van der Waals surface area contributed by atoms with Gasteiger partial charge in [0.1, 0.15) is 0 Å². The van der Waals surface area contributed by atoms with Crippen molar-refractivity contribution >= 4 is 11.5 Å². The quantitative estimate of drug-likeness (QED) is 0.0560. The molecule has 0 atom stereocenters. The van der Waals surface area contributed by atoms with Crippen molar-refractivity contribution < 1.29 is 0 Å². The molecule has 0 saturated heterocycles. The van der Waals surface area contributed by atoms with Crippen LogP contribution in [-0.4, -0.2) is 26.2 Å². The van der Waals surface area contributed by atoms with Crippen LogP contribution in [-0.2, 0) is 0 Å². The Bertz CT molecular complexity index is 2460. The highest BCUT2D eigenvalue weighted by molar-refractivity contribution is 6.00. The number of hydrogen-bond donors (Lipinski definition) is 1. The maximum absolute atomic E-state index is 5.78. The Labute approximate surface area is 309 Å². The van der Waals surface area contributed by atoms with Crippen molar-refractivity contribution in [3.63, 3.8) is 0 Å². The van der Waals surface area contributed by atoms with E-state index in [2.05, 4.69) is 115 Å². The number of amidine groups is 1. The van der Waals surface area contributed by atoms with Crippen molar-refractivity contribution in [2.24, 2.45) is 21.2 Å². The molecule has 0 spiro atoms. The number of azo groups is 1. The summed E-state index contributed by atoms with van der Waals surface area (Å²) in [6.45, 7) is 12.3. The van der Waals surface area contributed by atoms with E-state index >= 15 is 0 Å². The minimum Gasteiger partial charge on any atom is -0.321 e. The molecular formula is C45H38N8. The maximum atomic E-state index is 5.78. The van der Waals surface area contributed by atoms with Crippen LogP contribution in [0.5, 0.6) is 0 Å². The van der Waals surface area contributed by atoms with Crippen molar-refractivity contribution in [3.8, 4) is 56.2 Å². The van der Waals surface area contributed by atoms with E-state index in [9.17, 15) is 0 Å². The van der Waals surface area contributed by atoms with Crippen LogP contribution in [0.2, 0.25) is 0 Å². The van der Waals surface area contributed by atoms with E-state index in [0.717, 1.165) is 77.9 Å². The van der Waals surface area contributed by atoms with Crippen molar-refractivity contribution in [1.29, 1.82) is 0 Å². The van der Waals surface area contributed by atoms with Gasteiger partial charge >= 0.3 is 0 Å². The highest BCUT2D eigenvalue weighted by Gasteiger charge is 2.15. The van der Waals surface area contributed by atoms with Crippen LogP contribution in [0.25, 0.3) is 61.9 Å². The molecule has 2 N–H and O–H groups in total. The Kier molecular flexibility index (Phi) is 9.85. The summed E-state index contributed by atoms with van der Waals surface area (Å²) in [4.78, 5) is 0. The second-order valence-electron chi connectivity index (χ2n) is 12.9. The molecule has 6 aromatic carbocycles. The summed E-state index contributed by atoms with van der Waals surface area (Å²) in [5.41, 5.74) is 15.0. The zero-order valence-electron chi connectivity index (χ0n) is 30.1. The van der Waals surface area contributed by atoms with Crippen molar-refractivity contribution in [2.75, 3.05) is 0 Å². The van der Waals surface area contributed by atoms with Crippen LogP contribution in [0, 0.1) is 27.7 Å². The maximum Gasteiger partial charge on any atom is 0.204 e. The largest absolute Gasteiger partial charge is 0.321 e. The Hall–Kier alpha value is -6.93. The Balaban J connectivity index is 1.14. The molecule has 0 amide bonds. The van der Waals surface area contributed by atoms with Crippen LogP contribution in [0.3, 0.4) is 0 Å². The fourth-order valence-corrected chi connectivity index (χ4v) is 6.73. The van der Waals surface area contributed by atoms with E-state index in [4.69, 9.17) is 5.84 Å². The molecule has 0 fully saturated rings. The molecule has 0 bridgehead atoms. The molecule has 0 saturated carbocycles. The smallest absolute Gasteiger partial charge is 0.204 e. The van der Waals surface area contributed by atoms with Gasteiger partial charge < -0.3 is 5.84 Å². The number of aryl methyl sites for hydroxylation is 4. The predicted octanol–water partition coefficient (Wildman–Crippen LogP) is 10.6. The molecule has 7 aromatic rings. The number of nitrogens with zero attached hydrogens (tertiary/aromatic N) is 7. The topological polar surface area (TPSA) is 115 Å². The van der Waals surface area contributed by atoms with E-state index in [1.54, 1.807) is 0 Å². The van der Waals surface area contributed by atoms with Crippen LogP contribution in [0.4, 0.5) is 0 Å². The first-order valence-electron chi connectivity index (χ1n) is 17.3. The standard InChI is InChI=1S/C45H38N8/c1-28-12-10-13-29(2)41(28)32(5)48-49-43(47-46)35-24-20-33(21-25-35)37-16-6-8-18-39(37)40-19-9-7-17-38(40)34-22-26-36(27-23-34)44-50-52-45(53-51-44)42-30(3)14-11-15-31(42)4/h6-27H,5,46H2,1-4H3/b47-43-,49-48-. The van der Waals surface area contributed by atoms with Gasteiger partial charge in [0.15, 0.2) is 5.84 Å². The predicted molar refractivity (Wildman–Crippen MR) is 215 cm³/mol. The summed E-state index contributed by atoms with van der Waals surface area (Å²) in [6, 6.07) is 45.3. The van der Waals surface area contributed by atoms with Crippen molar-refractivity contribution in [2.45, 2.75) is 27.7 Å². The molecule has 1 heterocycles. The number of hydrazone groups is 1. The van der Waals surface area contributed by atoms with Gasteiger partial charge in [-0.2, -0.15) is 5.10 Å². The normalized spacial score (nSPS) is 11.6. The number of aromatic nitrogens is 4. The number of benzene rings is 6. The van der Waals surface area contributed by atoms with Gasteiger partial charge in [0.2, 0.25) is 11.6 Å². The van der Waals surface area contributed by atoms with Gasteiger partial charge in [-0.05, 0) is 83.3 Å². The first kappa shape index (κ1) is 34.5. The van der Waals surface area contributed by atoms with Crippen LogP contribution >= 0.6 is 0 Å². The molecule has 0 aliphatic heterocycles. The average molecular weight is 691 g/mol. The fraction of sp³-hybridized carbons (Fsp3) is 0.0889. The third-order valence-electron chi connectivity index (χ3n) is 9.39. The monoisotopic (exact) mass is 690 g/mol. The lowest BCUT2D eigenvalue weighted by Gasteiger charge is -2.15. The molecule has 0 radical (unpaired) electrons. The third kappa shape index (κ3) is 7.16. The summed E-state index contributed by atoms with van der Waals surface area (Å²) < 4.78 is 0. The van der Waals surface area contributed by atoms with E-state index in [1.165, 1.54) is 0 Å². The minimum atomic E-state index is 0.320. The van der Waals surface area contributed by atoms with Gasteiger partial charge in [0.25, 0.3) is 0 Å². The minimum absolute atomic E-state index is 0.320. The summed E-state index contributed by atoms with van der Waals surface area (Å²) in [5, 5.41) is 30.4. The van der Waals surface area contributed by atoms with Gasteiger partial charge in [-0.3, -0.25) is 0 Å². The lowest BCUT2D eigenvalue weighted by Crippen LogP contribution is -2.01. The van der Waals surface area contributed by atoms with Gasteiger partial charge in [0, 0.05) is 22.3 Å². The van der Waals surface area contributed by atoms with Crippen LogP contribution < -0.4 is 5.84 Å². The SMILES string of the molecule is C=C(/N=N\C(=N/N)c1ccc(-c2ccccc2-c2ccccc2-c2ccc(-c3nnc(-c4c(C)cccc4C)nn3)cc2)cc1)c1c(C)cccc1C. The first-order valence-corrected chi connectivity index (χ1v) is 17.3. The van der Waals surface area contributed by atoms with E-state index < -0.39 is 0 Å². The molecule has 1 aromatic heterocycles. The van der Waals surface area contributed by atoms with Gasteiger partial charge in [0.05, 0.1) is 5.70 Å².